The summed E-state index contributed by atoms with van der Waals surface area (Å²) < 4.78 is 68.3. The molecule has 0 heterocycles. The highest BCUT2D eigenvalue weighted by molar-refractivity contribution is 7.47. The van der Waals surface area contributed by atoms with E-state index in [2.05, 4.69) is 55.4 Å². The summed E-state index contributed by atoms with van der Waals surface area (Å²) in [5, 5.41) is 10.6. The summed E-state index contributed by atoms with van der Waals surface area (Å²) >= 11 is 0. The van der Waals surface area contributed by atoms with Crippen molar-refractivity contribution in [3.63, 3.8) is 0 Å². The van der Waals surface area contributed by atoms with Crippen LogP contribution in [0.1, 0.15) is 351 Å². The van der Waals surface area contributed by atoms with Gasteiger partial charge in [-0.2, -0.15) is 0 Å². The van der Waals surface area contributed by atoms with E-state index < -0.39 is 97.5 Å². The summed E-state index contributed by atoms with van der Waals surface area (Å²) in [6.07, 6.45) is 43.2. The van der Waals surface area contributed by atoms with E-state index in [0.29, 0.717) is 31.6 Å². The molecule has 0 aromatic carbocycles. The lowest BCUT2D eigenvalue weighted by Gasteiger charge is -2.21. The summed E-state index contributed by atoms with van der Waals surface area (Å²) in [5.41, 5.74) is 0. The van der Waals surface area contributed by atoms with Crippen molar-refractivity contribution in [3.05, 3.63) is 0 Å². The van der Waals surface area contributed by atoms with Crippen LogP contribution in [0.25, 0.3) is 0 Å². The van der Waals surface area contributed by atoms with Gasteiger partial charge in [0.2, 0.25) is 0 Å². The maximum Gasteiger partial charge on any atom is 0.472 e. The van der Waals surface area contributed by atoms with Crippen LogP contribution in [0.2, 0.25) is 0 Å². The van der Waals surface area contributed by atoms with Crippen LogP contribution in [-0.2, 0) is 65.4 Å². The molecule has 0 spiro atoms. The molecule has 0 aromatic heterocycles. The number of ether oxygens (including phenoxy) is 4. The molecule has 19 heteroatoms. The maximum absolute atomic E-state index is 13.0. The van der Waals surface area contributed by atoms with Crippen LogP contribution >= 0.6 is 15.6 Å². The largest absolute Gasteiger partial charge is 0.472 e. The number of unbranched alkanes of at least 4 members (excludes halogenated alkanes) is 34. The smallest absolute Gasteiger partial charge is 0.462 e. The van der Waals surface area contributed by atoms with Crippen molar-refractivity contribution < 1.29 is 80.2 Å². The molecule has 0 rings (SSSR count). The molecule has 17 nitrogen and oxygen atoms in total. The van der Waals surface area contributed by atoms with Crippen molar-refractivity contribution in [2.24, 2.45) is 23.7 Å². The number of hydrogen-bond donors (Lipinski definition) is 3. The molecule has 0 fully saturated rings. The molecule has 0 saturated heterocycles. The second kappa shape index (κ2) is 60.7. The first-order valence-electron chi connectivity index (χ1n) is 36.7. The zero-order chi connectivity index (χ0) is 66.8. The van der Waals surface area contributed by atoms with Gasteiger partial charge in [0.05, 0.1) is 26.4 Å². The molecule has 0 aromatic rings. The van der Waals surface area contributed by atoms with Gasteiger partial charge in [-0.1, -0.05) is 299 Å². The fourth-order valence-corrected chi connectivity index (χ4v) is 12.2. The summed E-state index contributed by atoms with van der Waals surface area (Å²) in [5.74, 6) is 0.837. The third-order valence-corrected chi connectivity index (χ3v) is 18.2. The highest BCUT2D eigenvalue weighted by Crippen LogP contribution is 2.45. The number of carbonyl (C=O) groups is 4. The van der Waals surface area contributed by atoms with E-state index in [-0.39, 0.29) is 25.7 Å². The average Bonchev–Trinajstić information content (AvgIpc) is 3.31. The molecule has 0 saturated carbocycles. The Kier molecular flexibility index (Phi) is 59.4. The Morgan fingerprint density at radius 2 is 0.467 bits per heavy atom. The average molecular weight is 1330 g/mol. The third kappa shape index (κ3) is 64.8. The van der Waals surface area contributed by atoms with E-state index >= 15 is 0 Å². The van der Waals surface area contributed by atoms with Gasteiger partial charge >= 0.3 is 39.5 Å². The Bertz CT molecular complexity index is 1780. The first-order chi connectivity index (χ1) is 43.1. The minimum Gasteiger partial charge on any atom is -0.462 e. The van der Waals surface area contributed by atoms with E-state index in [1.165, 1.54) is 148 Å². The molecule has 0 amide bonds. The van der Waals surface area contributed by atoms with Gasteiger partial charge in [-0.25, -0.2) is 9.13 Å². The van der Waals surface area contributed by atoms with Crippen molar-refractivity contribution in [3.8, 4) is 0 Å². The highest BCUT2D eigenvalue weighted by Gasteiger charge is 2.30. The van der Waals surface area contributed by atoms with E-state index in [1.54, 1.807) is 0 Å². The van der Waals surface area contributed by atoms with Crippen LogP contribution in [0.15, 0.2) is 0 Å². The van der Waals surface area contributed by atoms with Gasteiger partial charge in [0.1, 0.15) is 19.3 Å². The predicted octanol–water partition coefficient (Wildman–Crippen LogP) is 20.1. The van der Waals surface area contributed by atoms with Crippen molar-refractivity contribution in [1.29, 1.82) is 0 Å². The Morgan fingerprint density at radius 3 is 0.689 bits per heavy atom. The molecule has 0 aliphatic carbocycles. The van der Waals surface area contributed by atoms with Gasteiger partial charge in [0, 0.05) is 25.7 Å². The van der Waals surface area contributed by atoms with Gasteiger partial charge in [-0.15, -0.1) is 0 Å². The van der Waals surface area contributed by atoms with Gasteiger partial charge < -0.3 is 33.8 Å². The molecule has 5 atom stereocenters. The molecule has 3 N–H and O–H groups in total. The predicted molar refractivity (Wildman–Crippen MR) is 363 cm³/mol. The van der Waals surface area contributed by atoms with Crippen LogP contribution in [-0.4, -0.2) is 96.7 Å². The lowest BCUT2D eigenvalue weighted by atomic mass is 10.0. The van der Waals surface area contributed by atoms with Gasteiger partial charge in [-0.05, 0) is 49.4 Å². The minimum atomic E-state index is -4.95. The maximum atomic E-state index is 13.0. The number of phosphoric acid groups is 2. The Hall–Kier alpha value is -1.94. The van der Waals surface area contributed by atoms with Crippen LogP contribution in [0.3, 0.4) is 0 Å². The SMILES string of the molecule is CC(C)CCCCCCCCCCCCCCCC(=O)OC[C@H](COP(=O)(O)OCC(O)COP(=O)(O)OC[C@@H](COC(=O)CCCCCCCCCC(C)C)OC(=O)CCCCCCCCCCCCC(C)C)OC(=O)CCCCCCCCCCC(C)C. The highest BCUT2D eigenvalue weighted by atomic mass is 31.2. The fraction of sp³-hybridized carbons (Fsp3) is 0.944. The molecule has 0 aliphatic rings. The van der Waals surface area contributed by atoms with Crippen LogP contribution < -0.4 is 0 Å². The molecular formula is C71H138O17P2. The topological polar surface area (TPSA) is 237 Å². The van der Waals surface area contributed by atoms with E-state index in [1.807, 2.05) is 0 Å². The second-order valence-corrected chi connectivity index (χ2v) is 30.4. The van der Waals surface area contributed by atoms with Crippen molar-refractivity contribution in [1.82, 2.24) is 0 Å². The van der Waals surface area contributed by atoms with E-state index in [9.17, 15) is 43.2 Å². The Labute approximate surface area is 549 Å². The zero-order valence-electron chi connectivity index (χ0n) is 58.8. The van der Waals surface area contributed by atoms with E-state index in [0.717, 1.165) is 114 Å². The first-order valence-corrected chi connectivity index (χ1v) is 39.7. The summed E-state index contributed by atoms with van der Waals surface area (Å²) in [6.45, 7) is 14.1. The molecular weight excluding hydrogens is 1190 g/mol. The van der Waals surface area contributed by atoms with Crippen molar-refractivity contribution in [2.75, 3.05) is 39.6 Å². The third-order valence-electron chi connectivity index (χ3n) is 16.3. The molecule has 0 aliphatic heterocycles. The number of phosphoric ester groups is 2. The van der Waals surface area contributed by atoms with E-state index in [4.69, 9.17) is 37.0 Å². The standard InChI is InChI=1S/C71H138O17P2/c1-61(2)47-39-31-23-16-12-10-9-11-13-18-27-35-43-51-68(73)81-57-66(88-71(76)54-46-38-29-21-20-25-33-41-49-63(5)6)59-85-89(77,78)83-55-65(72)56-84-90(79,80)86-60-67(58-82-69(74)52-44-36-30-22-26-34-42-50-64(7)8)87-70(75)53-45-37-28-19-15-14-17-24-32-40-48-62(3)4/h61-67,72H,9-60H2,1-8H3,(H,77,78)(H,79,80)/t65?,66-,67-/m1/s1. The molecule has 90 heavy (non-hydrogen) atoms. The van der Waals surface area contributed by atoms with Crippen LogP contribution in [0.4, 0.5) is 0 Å². The van der Waals surface area contributed by atoms with Gasteiger partial charge in [-0.3, -0.25) is 37.3 Å². The second-order valence-electron chi connectivity index (χ2n) is 27.5. The quantitative estimate of drug-likeness (QED) is 0.0222. The number of hydrogen-bond acceptors (Lipinski definition) is 15. The molecule has 0 bridgehead atoms. The van der Waals surface area contributed by atoms with Gasteiger partial charge in [0.25, 0.3) is 0 Å². The van der Waals surface area contributed by atoms with Crippen molar-refractivity contribution in [2.45, 2.75) is 369 Å². The molecule has 3 unspecified atom stereocenters. The monoisotopic (exact) mass is 1320 g/mol. The first kappa shape index (κ1) is 88.1. The fourth-order valence-electron chi connectivity index (χ4n) is 10.7. The molecule has 534 valence electrons. The number of carbonyl (C=O) groups excluding carboxylic acids is 4. The van der Waals surface area contributed by atoms with Crippen LogP contribution in [0.5, 0.6) is 0 Å². The normalized spacial score (nSPS) is 14.3. The van der Waals surface area contributed by atoms with Crippen molar-refractivity contribution >= 4 is 39.5 Å². The van der Waals surface area contributed by atoms with Crippen LogP contribution in [0, 0.1) is 23.7 Å². The lowest BCUT2D eigenvalue weighted by Crippen LogP contribution is -2.30. The summed E-state index contributed by atoms with van der Waals surface area (Å²) in [7, 11) is -9.90. The number of rotatable bonds is 68. The Morgan fingerprint density at radius 1 is 0.278 bits per heavy atom. The summed E-state index contributed by atoms with van der Waals surface area (Å²) in [6, 6.07) is 0. The number of aliphatic hydroxyl groups is 1. The minimum absolute atomic E-state index is 0.104. The van der Waals surface area contributed by atoms with Gasteiger partial charge in [0.15, 0.2) is 12.2 Å². The number of aliphatic hydroxyl groups excluding tert-OH is 1. The Balaban J connectivity index is 5.23. The summed E-state index contributed by atoms with van der Waals surface area (Å²) in [4.78, 5) is 72.6. The zero-order valence-corrected chi connectivity index (χ0v) is 60.6. The number of esters is 4. The lowest BCUT2D eigenvalue weighted by molar-refractivity contribution is -0.161. The molecule has 0 radical (unpaired) electrons.